The van der Waals surface area contributed by atoms with Crippen LogP contribution >= 0.6 is 0 Å². The van der Waals surface area contributed by atoms with Crippen molar-refractivity contribution in [2.75, 3.05) is 26.2 Å². The van der Waals surface area contributed by atoms with Gasteiger partial charge in [0, 0.05) is 19.2 Å². The zero-order valence-corrected chi connectivity index (χ0v) is 8.58. The van der Waals surface area contributed by atoms with E-state index in [1.54, 1.807) is 0 Å². The van der Waals surface area contributed by atoms with E-state index in [0.717, 1.165) is 19.5 Å². The number of rotatable bonds is 4. The molecule has 78 valence electrons. The summed E-state index contributed by atoms with van der Waals surface area (Å²) in [4.78, 5) is 2.46. The molecule has 0 aromatic heterocycles. The van der Waals surface area contributed by atoms with Gasteiger partial charge < -0.3 is 15.7 Å². The van der Waals surface area contributed by atoms with Gasteiger partial charge >= 0.3 is 0 Å². The Kier molecular flexibility index (Phi) is 4.70. The highest BCUT2D eigenvalue weighted by Gasteiger charge is 2.22. The van der Waals surface area contributed by atoms with Crippen molar-refractivity contribution in [3.8, 4) is 0 Å². The molecule has 3 N–H and O–H groups in total. The van der Waals surface area contributed by atoms with Gasteiger partial charge in [0.2, 0.25) is 0 Å². The first-order chi connectivity index (χ1) is 6.27. The lowest BCUT2D eigenvalue weighted by atomic mass is 9.97. The number of nitrogens with zero attached hydrogens (tertiary/aromatic N) is 1. The number of nitrogens with two attached hydrogens (primary N) is 1. The molecule has 0 aromatic rings. The van der Waals surface area contributed by atoms with Crippen LogP contribution in [-0.4, -0.2) is 42.3 Å². The molecule has 0 aliphatic carbocycles. The minimum Gasteiger partial charge on any atom is -0.396 e. The molecule has 0 saturated carbocycles. The van der Waals surface area contributed by atoms with Crippen LogP contribution in [0.2, 0.25) is 0 Å². The van der Waals surface area contributed by atoms with Crippen molar-refractivity contribution in [1.82, 2.24) is 4.90 Å². The third kappa shape index (κ3) is 3.25. The molecule has 2 unspecified atom stereocenters. The van der Waals surface area contributed by atoms with Gasteiger partial charge in [-0.3, -0.25) is 0 Å². The molecule has 3 nitrogen and oxygen atoms in total. The Balaban J connectivity index is 2.32. The maximum atomic E-state index is 9.07. The average molecular weight is 186 g/mol. The van der Waals surface area contributed by atoms with E-state index in [-0.39, 0.29) is 0 Å². The van der Waals surface area contributed by atoms with Crippen LogP contribution in [-0.2, 0) is 0 Å². The number of piperidine rings is 1. The van der Waals surface area contributed by atoms with Crippen LogP contribution in [0.25, 0.3) is 0 Å². The smallest absolute Gasteiger partial charge is 0.0471 e. The predicted molar refractivity (Wildman–Crippen MR) is 54.5 cm³/mol. The SMILES string of the molecule is CC(CCN)N1CCCC(CO)C1. The summed E-state index contributed by atoms with van der Waals surface area (Å²) in [6.07, 6.45) is 3.47. The number of aliphatic hydroxyl groups is 1. The zero-order chi connectivity index (χ0) is 9.68. The average Bonchev–Trinajstić information content (AvgIpc) is 2.18. The lowest BCUT2D eigenvalue weighted by Gasteiger charge is -2.36. The number of likely N-dealkylation sites (tertiary alicyclic amines) is 1. The number of hydrogen-bond donors (Lipinski definition) is 2. The molecule has 13 heavy (non-hydrogen) atoms. The Hall–Kier alpha value is -0.120. The topological polar surface area (TPSA) is 49.5 Å². The fraction of sp³-hybridized carbons (Fsp3) is 1.00. The van der Waals surface area contributed by atoms with Crippen LogP contribution in [0.5, 0.6) is 0 Å². The molecule has 0 bridgehead atoms. The maximum Gasteiger partial charge on any atom is 0.0471 e. The van der Waals surface area contributed by atoms with E-state index in [1.165, 1.54) is 19.4 Å². The summed E-state index contributed by atoms with van der Waals surface area (Å²) < 4.78 is 0. The van der Waals surface area contributed by atoms with Crippen molar-refractivity contribution >= 4 is 0 Å². The largest absolute Gasteiger partial charge is 0.396 e. The standard InChI is InChI=1S/C10H22N2O/c1-9(4-5-11)12-6-2-3-10(7-12)8-13/h9-10,13H,2-8,11H2,1H3. The van der Waals surface area contributed by atoms with Gasteiger partial charge in [-0.15, -0.1) is 0 Å². The lowest BCUT2D eigenvalue weighted by Crippen LogP contribution is -2.42. The Morgan fingerprint density at radius 1 is 1.62 bits per heavy atom. The molecule has 1 saturated heterocycles. The molecule has 3 heteroatoms. The third-order valence-electron chi connectivity index (χ3n) is 3.02. The fourth-order valence-electron chi connectivity index (χ4n) is 2.07. The van der Waals surface area contributed by atoms with E-state index in [1.807, 2.05) is 0 Å². The fourth-order valence-corrected chi connectivity index (χ4v) is 2.07. The minimum absolute atomic E-state index is 0.339. The first-order valence-electron chi connectivity index (χ1n) is 5.33. The molecule has 1 aliphatic heterocycles. The van der Waals surface area contributed by atoms with E-state index in [9.17, 15) is 0 Å². The Labute approximate surface area is 80.9 Å². The van der Waals surface area contributed by atoms with Gasteiger partial charge in [-0.05, 0) is 45.2 Å². The molecule has 1 rings (SSSR count). The van der Waals surface area contributed by atoms with Crippen LogP contribution in [0.3, 0.4) is 0 Å². The first kappa shape index (κ1) is 11.0. The van der Waals surface area contributed by atoms with Crippen LogP contribution < -0.4 is 5.73 Å². The summed E-state index contributed by atoms with van der Waals surface area (Å²) in [5, 5.41) is 9.07. The second-order valence-electron chi connectivity index (χ2n) is 4.11. The van der Waals surface area contributed by atoms with Crippen LogP contribution in [0.4, 0.5) is 0 Å². The van der Waals surface area contributed by atoms with E-state index in [2.05, 4.69) is 11.8 Å². The molecule has 0 radical (unpaired) electrons. The number of hydrogen-bond acceptors (Lipinski definition) is 3. The van der Waals surface area contributed by atoms with E-state index >= 15 is 0 Å². The molecule has 0 spiro atoms. The summed E-state index contributed by atoms with van der Waals surface area (Å²) in [5.41, 5.74) is 5.53. The molecular formula is C10H22N2O. The Morgan fingerprint density at radius 3 is 3.00 bits per heavy atom. The van der Waals surface area contributed by atoms with Crippen LogP contribution in [0.15, 0.2) is 0 Å². The van der Waals surface area contributed by atoms with Crippen molar-refractivity contribution in [1.29, 1.82) is 0 Å². The quantitative estimate of drug-likeness (QED) is 0.669. The minimum atomic E-state index is 0.339. The molecule has 1 aliphatic rings. The van der Waals surface area contributed by atoms with E-state index in [4.69, 9.17) is 10.8 Å². The van der Waals surface area contributed by atoms with Gasteiger partial charge in [0.25, 0.3) is 0 Å². The predicted octanol–water partition coefficient (Wildman–Crippen LogP) is 0.428. The third-order valence-corrected chi connectivity index (χ3v) is 3.02. The molecule has 0 amide bonds. The van der Waals surface area contributed by atoms with E-state index < -0.39 is 0 Å². The summed E-state index contributed by atoms with van der Waals surface area (Å²) in [7, 11) is 0. The highest BCUT2D eigenvalue weighted by Crippen LogP contribution is 2.18. The second-order valence-corrected chi connectivity index (χ2v) is 4.11. The second kappa shape index (κ2) is 5.58. The first-order valence-corrected chi connectivity index (χ1v) is 5.33. The highest BCUT2D eigenvalue weighted by molar-refractivity contribution is 4.76. The van der Waals surface area contributed by atoms with Crippen molar-refractivity contribution in [2.45, 2.75) is 32.2 Å². The molecular weight excluding hydrogens is 164 g/mol. The Bertz CT molecular complexity index is 141. The molecule has 0 aromatic carbocycles. The normalized spacial score (nSPS) is 27.5. The van der Waals surface area contributed by atoms with Crippen molar-refractivity contribution < 1.29 is 5.11 Å². The maximum absolute atomic E-state index is 9.07. The van der Waals surface area contributed by atoms with Crippen LogP contribution in [0, 0.1) is 5.92 Å². The van der Waals surface area contributed by atoms with Gasteiger partial charge in [0.05, 0.1) is 0 Å². The summed E-state index contributed by atoms with van der Waals surface area (Å²) in [5.74, 6) is 0.494. The molecule has 1 heterocycles. The summed E-state index contributed by atoms with van der Waals surface area (Å²) in [6.45, 7) is 5.56. The van der Waals surface area contributed by atoms with Gasteiger partial charge in [-0.2, -0.15) is 0 Å². The molecule has 2 atom stereocenters. The zero-order valence-electron chi connectivity index (χ0n) is 8.58. The van der Waals surface area contributed by atoms with Gasteiger partial charge in [-0.1, -0.05) is 0 Å². The molecule has 1 fully saturated rings. The lowest BCUT2D eigenvalue weighted by molar-refractivity contribution is 0.0913. The van der Waals surface area contributed by atoms with Crippen LogP contribution in [0.1, 0.15) is 26.2 Å². The van der Waals surface area contributed by atoms with Crippen molar-refractivity contribution in [2.24, 2.45) is 11.7 Å². The monoisotopic (exact) mass is 186 g/mol. The van der Waals surface area contributed by atoms with Crippen molar-refractivity contribution in [3.63, 3.8) is 0 Å². The van der Waals surface area contributed by atoms with Gasteiger partial charge in [-0.25, -0.2) is 0 Å². The van der Waals surface area contributed by atoms with Gasteiger partial charge in [0.1, 0.15) is 0 Å². The highest BCUT2D eigenvalue weighted by atomic mass is 16.3. The summed E-state index contributed by atoms with van der Waals surface area (Å²) >= 11 is 0. The summed E-state index contributed by atoms with van der Waals surface area (Å²) in [6, 6.07) is 0.583. The van der Waals surface area contributed by atoms with E-state index in [0.29, 0.717) is 18.6 Å². The van der Waals surface area contributed by atoms with Gasteiger partial charge in [0.15, 0.2) is 0 Å². The van der Waals surface area contributed by atoms with Crippen molar-refractivity contribution in [3.05, 3.63) is 0 Å². The number of aliphatic hydroxyl groups excluding tert-OH is 1. The Morgan fingerprint density at radius 2 is 2.38 bits per heavy atom.